The SMILES string of the molecule is CCC(C)C(C)NC(C)[O]. The third-order valence-electron chi connectivity index (χ3n) is 2.00. The molecule has 0 bridgehead atoms. The summed E-state index contributed by atoms with van der Waals surface area (Å²) >= 11 is 0. The van der Waals surface area contributed by atoms with Crippen LogP contribution in [-0.2, 0) is 5.11 Å². The van der Waals surface area contributed by atoms with Crippen LogP contribution in [0.1, 0.15) is 34.1 Å². The number of rotatable bonds is 4. The van der Waals surface area contributed by atoms with Gasteiger partial charge >= 0.3 is 0 Å². The monoisotopic (exact) mass is 144 g/mol. The van der Waals surface area contributed by atoms with E-state index in [1.165, 1.54) is 0 Å². The lowest BCUT2D eigenvalue weighted by atomic mass is 10.0. The summed E-state index contributed by atoms with van der Waals surface area (Å²) < 4.78 is 0. The molecule has 3 atom stereocenters. The van der Waals surface area contributed by atoms with Gasteiger partial charge in [-0.15, -0.1) is 0 Å². The second kappa shape index (κ2) is 4.69. The summed E-state index contributed by atoms with van der Waals surface area (Å²) in [6, 6.07) is 0.345. The maximum absolute atomic E-state index is 10.6. The highest BCUT2D eigenvalue weighted by atomic mass is 16.3. The van der Waals surface area contributed by atoms with Crippen molar-refractivity contribution >= 4 is 0 Å². The quantitative estimate of drug-likeness (QED) is 0.599. The van der Waals surface area contributed by atoms with Crippen molar-refractivity contribution in [1.82, 2.24) is 5.32 Å². The van der Waals surface area contributed by atoms with Gasteiger partial charge in [-0.25, -0.2) is 5.11 Å². The Labute approximate surface area is 63.6 Å². The first-order valence-electron chi connectivity index (χ1n) is 3.99. The highest BCUT2D eigenvalue weighted by Crippen LogP contribution is 2.06. The van der Waals surface area contributed by atoms with E-state index in [-0.39, 0.29) is 0 Å². The topological polar surface area (TPSA) is 31.9 Å². The summed E-state index contributed by atoms with van der Waals surface area (Å²) in [5, 5.41) is 13.6. The van der Waals surface area contributed by atoms with Gasteiger partial charge in [-0.2, -0.15) is 0 Å². The summed E-state index contributed by atoms with van der Waals surface area (Å²) in [5.41, 5.74) is 0. The van der Waals surface area contributed by atoms with Crippen molar-refractivity contribution in [2.24, 2.45) is 5.92 Å². The second-order valence-electron chi connectivity index (χ2n) is 2.98. The van der Waals surface area contributed by atoms with Crippen LogP contribution in [0.3, 0.4) is 0 Å². The average Bonchev–Trinajstić information content (AvgIpc) is 1.85. The molecule has 0 fully saturated rings. The molecular formula is C8H18NO. The second-order valence-corrected chi connectivity index (χ2v) is 2.98. The molecule has 0 aliphatic carbocycles. The summed E-state index contributed by atoms with van der Waals surface area (Å²) in [5.74, 6) is 0.594. The maximum atomic E-state index is 10.6. The fourth-order valence-electron chi connectivity index (χ4n) is 0.888. The minimum absolute atomic E-state index is 0.345. The third kappa shape index (κ3) is 3.85. The summed E-state index contributed by atoms with van der Waals surface area (Å²) in [7, 11) is 0. The molecule has 0 aromatic heterocycles. The van der Waals surface area contributed by atoms with Gasteiger partial charge in [0.25, 0.3) is 0 Å². The van der Waals surface area contributed by atoms with E-state index in [0.29, 0.717) is 12.0 Å². The largest absolute Gasteiger partial charge is 0.287 e. The lowest BCUT2D eigenvalue weighted by molar-refractivity contribution is 0.0588. The number of hydrogen-bond donors (Lipinski definition) is 1. The van der Waals surface area contributed by atoms with Gasteiger partial charge in [-0.3, -0.25) is 5.32 Å². The highest BCUT2D eigenvalue weighted by molar-refractivity contribution is 4.66. The average molecular weight is 144 g/mol. The van der Waals surface area contributed by atoms with E-state index in [0.717, 1.165) is 6.42 Å². The van der Waals surface area contributed by atoms with Gasteiger partial charge in [0.15, 0.2) is 0 Å². The molecule has 0 heterocycles. The van der Waals surface area contributed by atoms with Gasteiger partial charge in [-0.05, 0) is 19.8 Å². The van der Waals surface area contributed by atoms with Crippen LogP contribution in [0.4, 0.5) is 0 Å². The molecule has 0 saturated heterocycles. The Morgan fingerprint density at radius 2 is 1.80 bits per heavy atom. The molecule has 2 nitrogen and oxygen atoms in total. The zero-order valence-corrected chi connectivity index (χ0v) is 7.35. The summed E-state index contributed by atoms with van der Waals surface area (Å²) in [6.45, 7) is 7.99. The fraction of sp³-hybridized carbons (Fsp3) is 1.00. The predicted octanol–water partition coefficient (Wildman–Crippen LogP) is 1.79. The molecule has 0 aliphatic rings. The Hall–Kier alpha value is -0.0800. The Morgan fingerprint density at radius 3 is 2.10 bits per heavy atom. The van der Waals surface area contributed by atoms with Crippen LogP contribution in [0.5, 0.6) is 0 Å². The Bertz CT molecular complexity index is 83.3. The van der Waals surface area contributed by atoms with E-state index in [1.807, 2.05) is 0 Å². The van der Waals surface area contributed by atoms with E-state index in [4.69, 9.17) is 0 Å². The Balaban J connectivity index is 3.50. The normalized spacial score (nSPS) is 20.1. The number of hydrogen-bond acceptors (Lipinski definition) is 1. The lowest BCUT2D eigenvalue weighted by Crippen LogP contribution is -2.37. The van der Waals surface area contributed by atoms with Crippen molar-refractivity contribution in [2.45, 2.75) is 46.4 Å². The van der Waals surface area contributed by atoms with Crippen LogP contribution < -0.4 is 5.32 Å². The minimum Gasteiger partial charge on any atom is -0.287 e. The van der Waals surface area contributed by atoms with E-state index in [2.05, 4.69) is 26.1 Å². The highest BCUT2D eigenvalue weighted by Gasteiger charge is 2.10. The fourth-order valence-corrected chi connectivity index (χ4v) is 0.888. The molecule has 0 amide bonds. The first kappa shape index (κ1) is 9.92. The molecule has 10 heavy (non-hydrogen) atoms. The standard InChI is InChI=1S/C8H18NO/c1-5-6(2)7(3)9-8(4)10/h6-9H,5H2,1-4H3. The number of nitrogens with one attached hydrogen (secondary N) is 1. The van der Waals surface area contributed by atoms with Crippen molar-refractivity contribution in [3.8, 4) is 0 Å². The lowest BCUT2D eigenvalue weighted by Gasteiger charge is -2.20. The Kier molecular flexibility index (Phi) is 4.65. The van der Waals surface area contributed by atoms with Crippen LogP contribution in [0.15, 0.2) is 0 Å². The van der Waals surface area contributed by atoms with Gasteiger partial charge in [0.05, 0.1) is 0 Å². The van der Waals surface area contributed by atoms with Crippen molar-refractivity contribution < 1.29 is 5.11 Å². The van der Waals surface area contributed by atoms with Crippen LogP contribution >= 0.6 is 0 Å². The van der Waals surface area contributed by atoms with E-state index < -0.39 is 6.23 Å². The predicted molar refractivity (Wildman–Crippen MR) is 42.2 cm³/mol. The van der Waals surface area contributed by atoms with Crippen molar-refractivity contribution in [3.63, 3.8) is 0 Å². The van der Waals surface area contributed by atoms with Gasteiger partial charge in [0.1, 0.15) is 6.23 Å². The van der Waals surface area contributed by atoms with E-state index in [9.17, 15) is 5.11 Å². The molecule has 0 rings (SSSR count). The van der Waals surface area contributed by atoms with E-state index >= 15 is 0 Å². The molecule has 61 valence electrons. The first-order chi connectivity index (χ1) is 4.57. The molecule has 3 unspecified atom stereocenters. The molecule has 0 aromatic carbocycles. The Morgan fingerprint density at radius 1 is 1.30 bits per heavy atom. The van der Waals surface area contributed by atoms with Crippen LogP contribution in [0, 0.1) is 5.92 Å². The summed E-state index contributed by atoms with van der Waals surface area (Å²) in [4.78, 5) is 0. The molecule has 0 saturated carbocycles. The van der Waals surface area contributed by atoms with E-state index in [1.54, 1.807) is 6.92 Å². The molecule has 0 aromatic rings. The van der Waals surface area contributed by atoms with Gasteiger partial charge in [0.2, 0.25) is 0 Å². The van der Waals surface area contributed by atoms with Crippen LogP contribution in [0.25, 0.3) is 0 Å². The van der Waals surface area contributed by atoms with Crippen LogP contribution in [0.2, 0.25) is 0 Å². The third-order valence-corrected chi connectivity index (χ3v) is 2.00. The van der Waals surface area contributed by atoms with Gasteiger partial charge in [0, 0.05) is 6.04 Å². The molecule has 2 heteroatoms. The molecular weight excluding hydrogens is 126 g/mol. The zero-order valence-electron chi connectivity index (χ0n) is 7.35. The van der Waals surface area contributed by atoms with Gasteiger partial charge in [-0.1, -0.05) is 20.3 Å². The first-order valence-corrected chi connectivity index (χ1v) is 3.99. The maximum Gasteiger partial charge on any atom is 0.141 e. The molecule has 1 radical (unpaired) electrons. The van der Waals surface area contributed by atoms with Crippen molar-refractivity contribution in [1.29, 1.82) is 0 Å². The van der Waals surface area contributed by atoms with Crippen molar-refractivity contribution in [2.75, 3.05) is 0 Å². The molecule has 0 spiro atoms. The van der Waals surface area contributed by atoms with Gasteiger partial charge < -0.3 is 0 Å². The van der Waals surface area contributed by atoms with Crippen molar-refractivity contribution in [3.05, 3.63) is 0 Å². The smallest absolute Gasteiger partial charge is 0.141 e. The molecule has 1 N–H and O–H groups in total. The summed E-state index contributed by atoms with van der Waals surface area (Å²) in [6.07, 6.45) is 0.491. The minimum atomic E-state index is -0.635. The molecule has 0 aliphatic heterocycles. The van der Waals surface area contributed by atoms with Crippen LogP contribution in [-0.4, -0.2) is 12.3 Å². The zero-order chi connectivity index (χ0) is 8.15.